The normalized spacial score (nSPS) is 27.4. The highest BCUT2D eigenvalue weighted by Crippen LogP contribution is 2.39. The fourth-order valence-electron chi connectivity index (χ4n) is 6.28. The molecule has 0 saturated carbocycles. The van der Waals surface area contributed by atoms with Crippen LogP contribution in [0.25, 0.3) is 0 Å². The first-order chi connectivity index (χ1) is 24.3. The van der Waals surface area contributed by atoms with E-state index in [9.17, 15) is 9.59 Å². The van der Waals surface area contributed by atoms with Crippen molar-refractivity contribution in [1.29, 1.82) is 0 Å². The number of amides is 1. The van der Waals surface area contributed by atoms with E-state index in [2.05, 4.69) is 63.8 Å². The van der Waals surface area contributed by atoms with Gasteiger partial charge in [0.1, 0.15) is 11.7 Å². The average molecular weight is 742 g/mol. The molecule has 1 aromatic rings. The van der Waals surface area contributed by atoms with E-state index in [0.29, 0.717) is 32.5 Å². The van der Waals surface area contributed by atoms with E-state index in [1.165, 1.54) is 0 Å². The maximum absolute atomic E-state index is 13.8. The van der Waals surface area contributed by atoms with Crippen molar-refractivity contribution in [2.45, 2.75) is 136 Å². The number of hydrogen-bond donors (Lipinski definition) is 0. The van der Waals surface area contributed by atoms with Gasteiger partial charge in [-0.05, 0) is 89.5 Å². The van der Waals surface area contributed by atoms with Crippen LogP contribution in [0.5, 0.6) is 0 Å². The molecule has 2 aliphatic rings. The maximum Gasteiger partial charge on any atom is 0.410 e. The first-order valence-electron chi connectivity index (χ1n) is 19.1. The lowest BCUT2D eigenvalue weighted by Gasteiger charge is -2.42. The number of carbonyl (C=O) groups is 2. The van der Waals surface area contributed by atoms with E-state index >= 15 is 0 Å². The number of pyridine rings is 1. The molecule has 3 heterocycles. The van der Waals surface area contributed by atoms with E-state index in [1.807, 2.05) is 77.1 Å². The van der Waals surface area contributed by atoms with Crippen LogP contribution in [-0.4, -0.2) is 105 Å². The van der Waals surface area contributed by atoms with Crippen molar-refractivity contribution in [3.05, 3.63) is 66.0 Å². The molecule has 0 aromatic carbocycles. The van der Waals surface area contributed by atoms with E-state index in [0.717, 1.165) is 24.4 Å². The lowest BCUT2D eigenvalue weighted by Crippen LogP contribution is -2.52. The molecule has 2 aliphatic heterocycles. The number of carbonyl (C=O) groups excluding carboxylic acids is 2. The SMILES string of the molecule is CCOC(C)OC1(C)CCC(O[Si](C)(C)C(C)(C)C)CC(=O)OC(/C(C)=C/C=C/C(C)c2ccccn2)C(C)C=CC1OC(=O)N1CCN(C)CC1. The van der Waals surface area contributed by atoms with Crippen LogP contribution in [0.2, 0.25) is 18.1 Å². The molecule has 1 amide bonds. The summed E-state index contributed by atoms with van der Waals surface area (Å²) in [6.07, 6.45) is 10.2. The fraction of sp³-hybridized carbons (Fsp3) is 0.683. The van der Waals surface area contributed by atoms with Crippen molar-refractivity contribution < 1.29 is 33.0 Å². The smallest absolute Gasteiger partial charge is 0.410 e. The van der Waals surface area contributed by atoms with Crippen molar-refractivity contribution in [3.63, 3.8) is 0 Å². The maximum atomic E-state index is 13.8. The van der Waals surface area contributed by atoms with Gasteiger partial charge in [0.2, 0.25) is 0 Å². The minimum atomic E-state index is -2.29. The summed E-state index contributed by atoms with van der Waals surface area (Å²) in [6.45, 7) is 26.0. The molecule has 11 heteroatoms. The highest BCUT2D eigenvalue weighted by atomic mass is 28.4. The number of piperazine rings is 1. The van der Waals surface area contributed by atoms with Gasteiger partial charge in [0.15, 0.2) is 20.7 Å². The van der Waals surface area contributed by atoms with Crippen LogP contribution in [-0.2, 0) is 28.2 Å². The number of rotatable bonds is 11. The minimum absolute atomic E-state index is 0.0672. The Kier molecular flexibility index (Phi) is 16.3. The third-order valence-corrected chi connectivity index (χ3v) is 15.3. The summed E-state index contributed by atoms with van der Waals surface area (Å²) in [5.74, 6) is -0.446. The summed E-state index contributed by atoms with van der Waals surface area (Å²) in [5, 5.41) is -0.0672. The molecule has 0 spiro atoms. The lowest BCUT2D eigenvalue weighted by molar-refractivity contribution is -0.222. The second-order valence-corrected chi connectivity index (χ2v) is 21.0. The van der Waals surface area contributed by atoms with Crippen LogP contribution in [0.1, 0.15) is 93.2 Å². The molecule has 0 aliphatic carbocycles. The average Bonchev–Trinajstić information content (AvgIpc) is 3.07. The number of allylic oxidation sites excluding steroid dienone is 3. The lowest BCUT2D eigenvalue weighted by atomic mass is 9.88. The summed E-state index contributed by atoms with van der Waals surface area (Å²) in [5.41, 5.74) is 0.881. The number of ether oxygens (including phenoxy) is 4. The molecule has 1 fully saturated rings. The number of hydrogen-bond acceptors (Lipinski definition) is 9. The Morgan fingerprint density at radius 3 is 2.46 bits per heavy atom. The standard InChI is InChI=1S/C41H67N3O7Si/c1-13-47-33(5)50-41(9)23-22-34(51-52(11,12)40(6,7)8)29-37(45)49-38(31(3)18-16-17-30(2)35-19-14-15-24-42-35)32(4)20-21-36(41)48-39(46)44-27-25-43(10)26-28-44/h14-21,24,30,32-34,36,38H,13,22-23,25-29H2,1-12H3/b17-16+,21-20?,31-18+. The van der Waals surface area contributed by atoms with Crippen molar-refractivity contribution >= 4 is 20.4 Å². The Hall–Kier alpha value is -2.83. The Balaban J connectivity index is 2.05. The molecule has 0 bridgehead atoms. The summed E-state index contributed by atoms with van der Waals surface area (Å²) in [7, 11) is -0.238. The molecule has 1 saturated heterocycles. The second-order valence-electron chi connectivity index (χ2n) is 16.3. The van der Waals surface area contributed by atoms with Gasteiger partial charge in [-0.3, -0.25) is 9.78 Å². The quantitative estimate of drug-likeness (QED) is 0.0730. The molecule has 10 nitrogen and oxygen atoms in total. The summed E-state index contributed by atoms with van der Waals surface area (Å²) in [4.78, 5) is 36.0. The van der Waals surface area contributed by atoms with E-state index in [-0.39, 0.29) is 35.4 Å². The Labute approximate surface area is 315 Å². The molecule has 1 aromatic heterocycles. The van der Waals surface area contributed by atoms with Gasteiger partial charge in [-0.15, -0.1) is 0 Å². The highest BCUT2D eigenvalue weighted by Gasteiger charge is 2.44. The molecule has 0 N–H and O–H groups in total. The van der Waals surface area contributed by atoms with E-state index < -0.39 is 38.5 Å². The predicted octanol–water partition coefficient (Wildman–Crippen LogP) is 8.28. The molecule has 0 radical (unpaired) electrons. The van der Waals surface area contributed by atoms with Crippen LogP contribution in [0.4, 0.5) is 4.79 Å². The van der Waals surface area contributed by atoms with Crippen molar-refractivity contribution in [2.24, 2.45) is 5.92 Å². The number of likely N-dealkylation sites (N-methyl/N-ethyl adjacent to an activating group) is 1. The number of aromatic nitrogens is 1. The summed E-state index contributed by atoms with van der Waals surface area (Å²) >= 11 is 0. The van der Waals surface area contributed by atoms with E-state index in [4.69, 9.17) is 23.4 Å². The number of esters is 1. The van der Waals surface area contributed by atoms with Crippen molar-refractivity contribution in [1.82, 2.24) is 14.8 Å². The van der Waals surface area contributed by atoms with Gasteiger partial charge in [-0.2, -0.15) is 0 Å². The topological polar surface area (TPSA) is 99.7 Å². The first-order valence-corrected chi connectivity index (χ1v) is 22.0. The summed E-state index contributed by atoms with van der Waals surface area (Å²) < 4.78 is 32.1. The van der Waals surface area contributed by atoms with Gasteiger partial charge < -0.3 is 33.2 Å². The largest absolute Gasteiger partial charge is 0.457 e. The predicted molar refractivity (Wildman–Crippen MR) is 210 cm³/mol. The van der Waals surface area contributed by atoms with Crippen LogP contribution in [0.15, 0.2) is 60.3 Å². The van der Waals surface area contributed by atoms with Gasteiger partial charge in [0, 0.05) is 56.5 Å². The van der Waals surface area contributed by atoms with Gasteiger partial charge in [-0.25, -0.2) is 4.79 Å². The zero-order chi connectivity index (χ0) is 38.7. The molecule has 7 atom stereocenters. The second kappa shape index (κ2) is 19.5. The van der Waals surface area contributed by atoms with Gasteiger partial charge >= 0.3 is 12.1 Å². The van der Waals surface area contributed by atoms with Crippen LogP contribution in [0, 0.1) is 5.92 Å². The van der Waals surface area contributed by atoms with Crippen LogP contribution in [0.3, 0.4) is 0 Å². The van der Waals surface area contributed by atoms with Crippen molar-refractivity contribution in [3.8, 4) is 0 Å². The minimum Gasteiger partial charge on any atom is -0.457 e. The van der Waals surface area contributed by atoms with Crippen LogP contribution >= 0.6 is 0 Å². The highest BCUT2D eigenvalue weighted by molar-refractivity contribution is 6.74. The molecule has 7 unspecified atom stereocenters. The third-order valence-electron chi connectivity index (χ3n) is 10.7. The third kappa shape index (κ3) is 12.9. The van der Waals surface area contributed by atoms with Gasteiger partial charge in [0.05, 0.1) is 12.5 Å². The molecule has 52 heavy (non-hydrogen) atoms. The molecule has 3 rings (SSSR count). The summed E-state index contributed by atoms with van der Waals surface area (Å²) in [6, 6.07) is 5.90. The Morgan fingerprint density at radius 2 is 1.85 bits per heavy atom. The van der Waals surface area contributed by atoms with Gasteiger partial charge in [0.25, 0.3) is 0 Å². The zero-order valence-electron chi connectivity index (χ0n) is 34.0. The molecule has 292 valence electrons. The first kappa shape index (κ1) is 43.6. The molecular formula is C41H67N3O7Si. The fourth-order valence-corrected chi connectivity index (χ4v) is 7.67. The Morgan fingerprint density at radius 1 is 1.15 bits per heavy atom. The van der Waals surface area contributed by atoms with Crippen LogP contribution < -0.4 is 0 Å². The monoisotopic (exact) mass is 741 g/mol. The van der Waals surface area contributed by atoms with E-state index in [1.54, 1.807) is 11.1 Å². The Bertz CT molecular complexity index is 1370. The number of nitrogens with zero attached hydrogens (tertiary/aromatic N) is 3. The molecular weight excluding hydrogens is 675 g/mol. The van der Waals surface area contributed by atoms with Gasteiger partial charge in [-0.1, -0.05) is 65.0 Å². The zero-order valence-corrected chi connectivity index (χ0v) is 35.0. The number of cyclic esters (lactones) is 1. The van der Waals surface area contributed by atoms with Crippen molar-refractivity contribution in [2.75, 3.05) is 39.8 Å².